The molecule has 2 heterocycles. The van der Waals surface area contributed by atoms with Crippen molar-refractivity contribution in [1.29, 1.82) is 0 Å². The second-order valence-corrected chi connectivity index (χ2v) is 5.42. The summed E-state index contributed by atoms with van der Waals surface area (Å²) in [4.78, 5) is 28.1. The lowest BCUT2D eigenvalue weighted by atomic mass is 10.0. The van der Waals surface area contributed by atoms with Gasteiger partial charge in [-0.25, -0.2) is 4.79 Å². The molecule has 3 rings (SSSR count). The van der Waals surface area contributed by atoms with Gasteiger partial charge in [-0.2, -0.15) is 0 Å². The van der Waals surface area contributed by atoms with Crippen molar-refractivity contribution < 1.29 is 14.3 Å². The second kappa shape index (κ2) is 5.39. The summed E-state index contributed by atoms with van der Waals surface area (Å²) in [6, 6.07) is 7.91. The van der Waals surface area contributed by atoms with Gasteiger partial charge in [-0.15, -0.1) is 0 Å². The number of carbonyl (C=O) groups is 2. The SMILES string of the molecule is CCOC(=O)C[C@@H]1[C@H]2Cc3ccccc3N2C(=O)N1CC. The molecule has 2 amide bonds. The molecule has 0 N–H and O–H groups in total. The molecule has 1 saturated heterocycles. The number of ether oxygens (including phenoxy) is 1. The Labute approximate surface area is 124 Å². The normalized spacial score (nSPS) is 23.2. The number of fused-ring (bicyclic) bond motifs is 3. The Kier molecular flexibility index (Phi) is 3.57. The maximum atomic E-state index is 12.6. The first-order valence-corrected chi connectivity index (χ1v) is 7.50. The van der Waals surface area contributed by atoms with E-state index in [4.69, 9.17) is 4.74 Å². The molecule has 0 spiro atoms. The van der Waals surface area contributed by atoms with Crippen molar-refractivity contribution >= 4 is 17.7 Å². The Morgan fingerprint density at radius 2 is 2.10 bits per heavy atom. The van der Waals surface area contributed by atoms with E-state index < -0.39 is 0 Å². The summed E-state index contributed by atoms with van der Waals surface area (Å²) in [6.07, 6.45) is 1.07. The van der Waals surface area contributed by atoms with Gasteiger partial charge < -0.3 is 9.64 Å². The quantitative estimate of drug-likeness (QED) is 0.798. The van der Waals surface area contributed by atoms with Gasteiger partial charge in [0.05, 0.1) is 25.1 Å². The van der Waals surface area contributed by atoms with Gasteiger partial charge in [0.1, 0.15) is 0 Å². The number of likely N-dealkylation sites (N-methyl/N-ethyl adjacent to an activating group) is 1. The van der Waals surface area contributed by atoms with Gasteiger partial charge in [-0.05, 0) is 31.9 Å². The average molecular weight is 288 g/mol. The average Bonchev–Trinajstić information content (AvgIpc) is 2.96. The molecular weight excluding hydrogens is 268 g/mol. The zero-order chi connectivity index (χ0) is 15.0. The summed E-state index contributed by atoms with van der Waals surface area (Å²) in [5.41, 5.74) is 2.16. The molecule has 112 valence electrons. The van der Waals surface area contributed by atoms with E-state index in [2.05, 4.69) is 6.07 Å². The Morgan fingerprint density at radius 3 is 2.81 bits per heavy atom. The molecule has 1 aromatic carbocycles. The van der Waals surface area contributed by atoms with Gasteiger partial charge >= 0.3 is 12.0 Å². The fourth-order valence-electron chi connectivity index (χ4n) is 3.46. The lowest BCUT2D eigenvalue weighted by Gasteiger charge is -2.23. The van der Waals surface area contributed by atoms with Crippen molar-refractivity contribution in [3.63, 3.8) is 0 Å². The standard InChI is InChI=1S/C16H20N2O3/c1-3-17-13(10-15(19)21-4-2)14-9-11-7-5-6-8-12(11)18(14)16(17)20/h5-8,13-14H,3-4,9-10H2,1-2H3/t13-,14-/m1/s1. The maximum Gasteiger partial charge on any atom is 0.325 e. The number of hydrogen-bond donors (Lipinski definition) is 0. The summed E-state index contributed by atoms with van der Waals surface area (Å²) in [6.45, 7) is 4.73. The summed E-state index contributed by atoms with van der Waals surface area (Å²) < 4.78 is 5.06. The zero-order valence-electron chi connectivity index (χ0n) is 12.4. The molecule has 2 aliphatic heterocycles. The molecule has 1 aromatic rings. The number of urea groups is 1. The van der Waals surface area contributed by atoms with Gasteiger partial charge in [0.15, 0.2) is 0 Å². The number of anilines is 1. The molecule has 0 bridgehead atoms. The molecule has 2 atom stereocenters. The molecule has 2 aliphatic rings. The highest BCUT2D eigenvalue weighted by atomic mass is 16.5. The Balaban J connectivity index is 1.88. The molecule has 21 heavy (non-hydrogen) atoms. The highest BCUT2D eigenvalue weighted by Gasteiger charge is 2.50. The highest BCUT2D eigenvalue weighted by Crippen LogP contribution is 2.40. The van der Waals surface area contributed by atoms with Crippen LogP contribution in [-0.2, 0) is 16.0 Å². The van der Waals surface area contributed by atoms with E-state index >= 15 is 0 Å². The van der Waals surface area contributed by atoms with Crippen molar-refractivity contribution in [2.45, 2.75) is 38.8 Å². The second-order valence-electron chi connectivity index (χ2n) is 5.42. The summed E-state index contributed by atoms with van der Waals surface area (Å²) in [7, 11) is 0. The summed E-state index contributed by atoms with van der Waals surface area (Å²) in [5, 5.41) is 0. The van der Waals surface area contributed by atoms with Gasteiger partial charge in [0, 0.05) is 12.2 Å². The van der Waals surface area contributed by atoms with E-state index in [1.165, 1.54) is 5.56 Å². The number of esters is 1. The van der Waals surface area contributed by atoms with Crippen molar-refractivity contribution in [1.82, 2.24) is 4.90 Å². The van der Waals surface area contributed by atoms with E-state index in [-0.39, 0.29) is 30.5 Å². The fraction of sp³-hybridized carbons (Fsp3) is 0.500. The lowest BCUT2D eigenvalue weighted by Crippen LogP contribution is -2.39. The molecule has 5 nitrogen and oxygen atoms in total. The highest BCUT2D eigenvalue weighted by molar-refractivity contribution is 5.98. The number of nitrogens with zero attached hydrogens (tertiary/aromatic N) is 2. The maximum absolute atomic E-state index is 12.6. The number of benzene rings is 1. The van der Waals surface area contributed by atoms with Gasteiger partial charge in [-0.1, -0.05) is 18.2 Å². The topological polar surface area (TPSA) is 49.9 Å². The molecule has 0 aliphatic carbocycles. The molecule has 0 aromatic heterocycles. The minimum Gasteiger partial charge on any atom is -0.466 e. The van der Waals surface area contributed by atoms with Gasteiger partial charge in [-0.3, -0.25) is 9.69 Å². The Morgan fingerprint density at radius 1 is 1.33 bits per heavy atom. The molecule has 5 heteroatoms. The monoisotopic (exact) mass is 288 g/mol. The van der Waals surface area contributed by atoms with Crippen LogP contribution < -0.4 is 4.90 Å². The molecule has 0 unspecified atom stereocenters. The third-order valence-corrected chi connectivity index (χ3v) is 4.33. The molecule has 0 radical (unpaired) electrons. The van der Waals surface area contributed by atoms with Crippen LogP contribution >= 0.6 is 0 Å². The molecular formula is C16H20N2O3. The largest absolute Gasteiger partial charge is 0.466 e. The molecule has 1 fully saturated rings. The van der Waals surface area contributed by atoms with Gasteiger partial charge in [0.2, 0.25) is 0 Å². The number of carbonyl (C=O) groups excluding carboxylic acids is 2. The van der Waals surface area contributed by atoms with Crippen LogP contribution in [0.25, 0.3) is 0 Å². The van der Waals surface area contributed by atoms with Crippen LogP contribution in [0.4, 0.5) is 10.5 Å². The smallest absolute Gasteiger partial charge is 0.325 e. The first-order chi connectivity index (χ1) is 10.2. The van der Waals surface area contributed by atoms with E-state index in [9.17, 15) is 9.59 Å². The summed E-state index contributed by atoms with van der Waals surface area (Å²) in [5.74, 6) is -0.230. The van der Waals surface area contributed by atoms with Crippen LogP contribution in [0, 0.1) is 0 Å². The first-order valence-electron chi connectivity index (χ1n) is 7.50. The van der Waals surface area contributed by atoms with Crippen molar-refractivity contribution in [2.24, 2.45) is 0 Å². The van der Waals surface area contributed by atoms with Crippen LogP contribution in [0.3, 0.4) is 0 Å². The van der Waals surface area contributed by atoms with Crippen molar-refractivity contribution in [3.8, 4) is 0 Å². The zero-order valence-corrected chi connectivity index (χ0v) is 12.4. The fourth-order valence-corrected chi connectivity index (χ4v) is 3.46. The number of para-hydroxylation sites is 1. The summed E-state index contributed by atoms with van der Waals surface area (Å²) >= 11 is 0. The van der Waals surface area contributed by atoms with Crippen LogP contribution in [0.5, 0.6) is 0 Å². The third kappa shape index (κ3) is 2.17. The predicted octanol–water partition coefficient (Wildman–Crippen LogP) is 2.20. The van der Waals surface area contributed by atoms with Crippen molar-refractivity contribution in [2.75, 3.05) is 18.1 Å². The number of hydrogen-bond acceptors (Lipinski definition) is 3. The van der Waals surface area contributed by atoms with E-state index in [0.29, 0.717) is 13.2 Å². The van der Waals surface area contributed by atoms with Crippen LogP contribution in [-0.4, -0.2) is 42.1 Å². The van der Waals surface area contributed by atoms with Crippen LogP contribution in [0.15, 0.2) is 24.3 Å². The number of rotatable bonds is 4. The first kappa shape index (κ1) is 13.9. The van der Waals surface area contributed by atoms with Crippen molar-refractivity contribution in [3.05, 3.63) is 29.8 Å². The van der Waals surface area contributed by atoms with Crippen LogP contribution in [0.1, 0.15) is 25.8 Å². The Bertz CT molecular complexity index is 572. The van der Waals surface area contributed by atoms with Gasteiger partial charge in [0.25, 0.3) is 0 Å². The lowest BCUT2D eigenvalue weighted by molar-refractivity contribution is -0.144. The van der Waals surface area contributed by atoms with E-state index in [1.54, 1.807) is 11.8 Å². The minimum absolute atomic E-state index is 0.00162. The number of amides is 2. The third-order valence-electron chi connectivity index (χ3n) is 4.33. The van der Waals surface area contributed by atoms with E-state index in [1.807, 2.05) is 30.0 Å². The predicted molar refractivity (Wildman–Crippen MR) is 79.2 cm³/mol. The molecule has 0 saturated carbocycles. The Hall–Kier alpha value is -2.04. The minimum atomic E-state index is -0.230. The van der Waals surface area contributed by atoms with E-state index in [0.717, 1.165) is 12.1 Å². The van der Waals surface area contributed by atoms with Crippen LogP contribution in [0.2, 0.25) is 0 Å².